The minimum Gasteiger partial charge on any atom is -0.339 e. The Bertz CT molecular complexity index is 377. The first kappa shape index (κ1) is 11.6. The van der Waals surface area contributed by atoms with Crippen LogP contribution in [0.3, 0.4) is 0 Å². The quantitative estimate of drug-likeness (QED) is 0.739. The lowest BCUT2D eigenvalue weighted by Gasteiger charge is -2.21. The van der Waals surface area contributed by atoms with Gasteiger partial charge in [-0.25, -0.2) is 8.78 Å². The van der Waals surface area contributed by atoms with Gasteiger partial charge in [-0.3, -0.25) is 4.79 Å². The number of rotatable bonds is 2. The van der Waals surface area contributed by atoms with E-state index in [1.807, 2.05) is 0 Å². The van der Waals surface area contributed by atoms with Crippen molar-refractivity contribution in [2.75, 3.05) is 7.05 Å². The maximum Gasteiger partial charge on any atom is 0.256 e. The average Bonchev–Trinajstić information content (AvgIpc) is 2.20. The molecular formula is C11H13F2NO. The third-order valence-corrected chi connectivity index (χ3v) is 2.28. The van der Waals surface area contributed by atoms with Crippen LogP contribution in [0.15, 0.2) is 18.2 Å². The van der Waals surface area contributed by atoms with Crippen LogP contribution in [0.4, 0.5) is 8.78 Å². The lowest BCUT2D eigenvalue weighted by molar-refractivity contribution is 0.0749. The second kappa shape index (κ2) is 4.38. The highest BCUT2D eigenvalue weighted by molar-refractivity contribution is 5.94. The highest BCUT2D eigenvalue weighted by Crippen LogP contribution is 2.14. The van der Waals surface area contributed by atoms with E-state index in [1.54, 1.807) is 20.9 Å². The highest BCUT2D eigenvalue weighted by Gasteiger charge is 2.19. The summed E-state index contributed by atoms with van der Waals surface area (Å²) in [7, 11) is 1.55. The van der Waals surface area contributed by atoms with Gasteiger partial charge in [0.1, 0.15) is 0 Å². The van der Waals surface area contributed by atoms with E-state index in [1.165, 1.54) is 17.0 Å². The minimum absolute atomic E-state index is 0.0554. The lowest BCUT2D eigenvalue weighted by Crippen LogP contribution is -2.33. The molecule has 0 radical (unpaired) electrons. The fourth-order valence-electron chi connectivity index (χ4n) is 1.09. The van der Waals surface area contributed by atoms with Crippen molar-refractivity contribution < 1.29 is 13.6 Å². The number of carbonyl (C=O) groups is 1. The van der Waals surface area contributed by atoms with Crippen LogP contribution < -0.4 is 0 Å². The Morgan fingerprint density at radius 3 is 2.47 bits per heavy atom. The van der Waals surface area contributed by atoms with Crippen molar-refractivity contribution in [3.05, 3.63) is 35.4 Å². The molecular weight excluding hydrogens is 200 g/mol. The summed E-state index contributed by atoms with van der Waals surface area (Å²) >= 11 is 0. The molecule has 4 heteroatoms. The normalized spacial score (nSPS) is 10.5. The van der Waals surface area contributed by atoms with Crippen LogP contribution in [0.1, 0.15) is 24.2 Å². The van der Waals surface area contributed by atoms with Gasteiger partial charge in [0, 0.05) is 13.1 Å². The summed E-state index contributed by atoms with van der Waals surface area (Å²) in [5, 5.41) is 0. The van der Waals surface area contributed by atoms with E-state index in [2.05, 4.69) is 0 Å². The van der Waals surface area contributed by atoms with E-state index in [9.17, 15) is 13.6 Å². The van der Waals surface area contributed by atoms with Crippen molar-refractivity contribution in [3.63, 3.8) is 0 Å². The Kier molecular flexibility index (Phi) is 3.39. The number of nitrogens with zero attached hydrogens (tertiary/aromatic N) is 1. The maximum absolute atomic E-state index is 13.3. The number of hydrogen-bond donors (Lipinski definition) is 0. The summed E-state index contributed by atoms with van der Waals surface area (Å²) in [6, 6.07) is 3.53. The lowest BCUT2D eigenvalue weighted by atomic mass is 10.1. The van der Waals surface area contributed by atoms with Crippen LogP contribution in [0, 0.1) is 11.6 Å². The highest BCUT2D eigenvalue weighted by atomic mass is 19.2. The average molecular weight is 213 g/mol. The van der Waals surface area contributed by atoms with Crippen molar-refractivity contribution in [1.82, 2.24) is 4.90 Å². The van der Waals surface area contributed by atoms with Gasteiger partial charge in [0.05, 0.1) is 5.56 Å². The summed E-state index contributed by atoms with van der Waals surface area (Å²) in [6.45, 7) is 3.60. The molecule has 0 saturated carbocycles. The number of hydrogen-bond acceptors (Lipinski definition) is 1. The van der Waals surface area contributed by atoms with Crippen LogP contribution in [-0.2, 0) is 0 Å². The largest absolute Gasteiger partial charge is 0.339 e. The Hall–Kier alpha value is -1.45. The number of halogens is 2. The van der Waals surface area contributed by atoms with Gasteiger partial charge >= 0.3 is 0 Å². The molecule has 0 atom stereocenters. The first-order valence-electron chi connectivity index (χ1n) is 4.66. The van der Waals surface area contributed by atoms with Crippen LogP contribution in [-0.4, -0.2) is 23.9 Å². The van der Waals surface area contributed by atoms with Gasteiger partial charge in [-0.1, -0.05) is 6.07 Å². The molecule has 0 saturated heterocycles. The van der Waals surface area contributed by atoms with Crippen molar-refractivity contribution in [2.24, 2.45) is 0 Å². The Morgan fingerprint density at radius 1 is 1.33 bits per heavy atom. The van der Waals surface area contributed by atoms with Gasteiger partial charge in [-0.15, -0.1) is 0 Å². The molecule has 0 bridgehead atoms. The molecule has 1 rings (SSSR count). The zero-order valence-electron chi connectivity index (χ0n) is 8.92. The molecule has 0 aromatic heterocycles. The standard InChI is InChI=1S/C11H13F2NO/c1-7(2)14(3)11(15)8-5-4-6-9(12)10(8)13/h4-7H,1-3H3. The molecule has 1 aromatic carbocycles. The first-order valence-corrected chi connectivity index (χ1v) is 4.66. The molecule has 82 valence electrons. The van der Waals surface area contributed by atoms with Crippen LogP contribution in [0.25, 0.3) is 0 Å². The first-order chi connectivity index (χ1) is 6.95. The predicted molar refractivity (Wildman–Crippen MR) is 53.6 cm³/mol. The smallest absolute Gasteiger partial charge is 0.256 e. The fraction of sp³-hybridized carbons (Fsp3) is 0.364. The monoisotopic (exact) mass is 213 g/mol. The summed E-state index contributed by atoms with van der Waals surface area (Å²) in [4.78, 5) is 13.0. The molecule has 0 aliphatic heterocycles. The van der Waals surface area contributed by atoms with Crippen molar-refractivity contribution >= 4 is 5.91 Å². The summed E-state index contributed by atoms with van der Waals surface area (Å²) in [6.07, 6.45) is 0. The topological polar surface area (TPSA) is 20.3 Å². The Labute approximate surface area is 87.5 Å². The van der Waals surface area contributed by atoms with Gasteiger partial charge in [-0.05, 0) is 26.0 Å². The Balaban J connectivity index is 3.07. The zero-order valence-corrected chi connectivity index (χ0v) is 8.92. The van der Waals surface area contributed by atoms with Gasteiger partial charge in [0.15, 0.2) is 11.6 Å². The number of amides is 1. The second-order valence-corrected chi connectivity index (χ2v) is 3.61. The van der Waals surface area contributed by atoms with E-state index < -0.39 is 17.5 Å². The minimum atomic E-state index is -1.09. The zero-order chi connectivity index (χ0) is 11.6. The predicted octanol–water partition coefficient (Wildman–Crippen LogP) is 2.45. The van der Waals surface area contributed by atoms with E-state index in [-0.39, 0.29) is 11.6 Å². The van der Waals surface area contributed by atoms with E-state index in [0.29, 0.717) is 0 Å². The number of carbonyl (C=O) groups excluding carboxylic acids is 1. The van der Waals surface area contributed by atoms with Crippen LogP contribution in [0.2, 0.25) is 0 Å². The Morgan fingerprint density at radius 2 is 1.93 bits per heavy atom. The van der Waals surface area contributed by atoms with Gasteiger partial charge in [-0.2, -0.15) is 0 Å². The molecule has 0 aliphatic carbocycles. The van der Waals surface area contributed by atoms with Crippen LogP contribution in [0.5, 0.6) is 0 Å². The van der Waals surface area contributed by atoms with E-state index in [0.717, 1.165) is 6.07 Å². The van der Waals surface area contributed by atoms with E-state index in [4.69, 9.17) is 0 Å². The maximum atomic E-state index is 13.3. The molecule has 0 unspecified atom stereocenters. The van der Waals surface area contributed by atoms with E-state index >= 15 is 0 Å². The molecule has 0 N–H and O–H groups in total. The molecule has 1 aromatic rings. The SMILES string of the molecule is CC(C)N(C)C(=O)c1cccc(F)c1F. The molecule has 15 heavy (non-hydrogen) atoms. The molecule has 0 aliphatic rings. The van der Waals surface area contributed by atoms with Crippen molar-refractivity contribution in [3.8, 4) is 0 Å². The third kappa shape index (κ3) is 2.32. The van der Waals surface area contributed by atoms with Crippen molar-refractivity contribution in [2.45, 2.75) is 19.9 Å². The molecule has 1 amide bonds. The molecule has 0 heterocycles. The van der Waals surface area contributed by atoms with Gasteiger partial charge in [0.2, 0.25) is 0 Å². The molecule has 0 spiro atoms. The summed E-state index contributed by atoms with van der Waals surface area (Å²) in [5.74, 6) is -2.60. The number of benzene rings is 1. The summed E-state index contributed by atoms with van der Waals surface area (Å²) in [5.41, 5.74) is -0.230. The van der Waals surface area contributed by atoms with Gasteiger partial charge < -0.3 is 4.90 Å². The van der Waals surface area contributed by atoms with Gasteiger partial charge in [0.25, 0.3) is 5.91 Å². The third-order valence-electron chi connectivity index (χ3n) is 2.28. The summed E-state index contributed by atoms with van der Waals surface area (Å²) < 4.78 is 26.1. The molecule has 2 nitrogen and oxygen atoms in total. The molecule has 0 fully saturated rings. The second-order valence-electron chi connectivity index (χ2n) is 3.61. The van der Waals surface area contributed by atoms with Crippen molar-refractivity contribution in [1.29, 1.82) is 0 Å². The fourth-order valence-corrected chi connectivity index (χ4v) is 1.09. The van der Waals surface area contributed by atoms with Crippen LogP contribution >= 0.6 is 0 Å².